The van der Waals surface area contributed by atoms with Gasteiger partial charge in [0.2, 0.25) is 0 Å². The highest BCUT2D eigenvalue weighted by Gasteiger charge is 2.29. The molecule has 1 unspecified atom stereocenters. The minimum absolute atomic E-state index is 0.0546. The molecule has 2 amide bonds. The van der Waals surface area contributed by atoms with Crippen molar-refractivity contribution >= 4 is 34.4 Å². The number of hydrogen-bond donors (Lipinski definition) is 3. The van der Waals surface area contributed by atoms with Crippen LogP contribution in [0.4, 0.5) is 9.93 Å². The van der Waals surface area contributed by atoms with Gasteiger partial charge in [0.05, 0.1) is 12.6 Å². The zero-order chi connectivity index (χ0) is 23.4. The molecular formula is C24H23N3O5S. The fourth-order valence-electron chi connectivity index (χ4n) is 3.92. The number of carboxylic acids is 1. The molecular weight excluding hydrogens is 442 g/mol. The Morgan fingerprint density at radius 2 is 1.73 bits per heavy atom. The molecule has 1 aliphatic rings. The standard InChI is InChI=1S/C24H23N3O5S/c1-2-14(11-21(28)29)26-22(30)20-12-25-23(33-20)27-24(31)32-13-19-17-9-5-3-7-15(17)16-8-4-6-10-18(16)19/h3-10,12,14,19H,2,11,13H2,1H3,(H,26,30)(H,28,29)(H,25,27,31). The van der Waals surface area contributed by atoms with Crippen LogP contribution in [0.2, 0.25) is 0 Å². The highest BCUT2D eigenvalue weighted by atomic mass is 32.1. The fraction of sp³-hybridized carbons (Fsp3) is 0.250. The lowest BCUT2D eigenvalue weighted by atomic mass is 9.98. The van der Waals surface area contributed by atoms with Gasteiger partial charge in [0, 0.05) is 12.0 Å². The van der Waals surface area contributed by atoms with E-state index in [2.05, 4.69) is 27.8 Å². The van der Waals surface area contributed by atoms with E-state index in [1.807, 2.05) is 36.4 Å². The van der Waals surface area contributed by atoms with Crippen molar-refractivity contribution in [1.29, 1.82) is 0 Å². The third-order valence-corrected chi connectivity index (χ3v) is 6.44. The molecule has 1 aliphatic carbocycles. The van der Waals surface area contributed by atoms with Crippen LogP contribution in [-0.4, -0.2) is 40.7 Å². The van der Waals surface area contributed by atoms with Gasteiger partial charge in [0.25, 0.3) is 5.91 Å². The van der Waals surface area contributed by atoms with Crippen LogP contribution in [-0.2, 0) is 9.53 Å². The molecule has 1 heterocycles. The van der Waals surface area contributed by atoms with Crippen LogP contribution in [0.25, 0.3) is 11.1 Å². The van der Waals surface area contributed by atoms with Gasteiger partial charge >= 0.3 is 12.1 Å². The average molecular weight is 466 g/mol. The molecule has 0 fully saturated rings. The molecule has 0 saturated carbocycles. The molecule has 0 spiro atoms. The van der Waals surface area contributed by atoms with E-state index >= 15 is 0 Å². The molecule has 8 nitrogen and oxygen atoms in total. The molecule has 0 radical (unpaired) electrons. The van der Waals surface area contributed by atoms with Crippen LogP contribution in [0.15, 0.2) is 54.7 Å². The maximum Gasteiger partial charge on any atom is 0.413 e. The number of aromatic nitrogens is 1. The van der Waals surface area contributed by atoms with Crippen LogP contribution in [0.5, 0.6) is 0 Å². The minimum Gasteiger partial charge on any atom is -0.481 e. The number of nitrogens with zero attached hydrogens (tertiary/aromatic N) is 1. The minimum atomic E-state index is -0.982. The Morgan fingerprint density at radius 1 is 1.09 bits per heavy atom. The predicted molar refractivity (Wildman–Crippen MR) is 125 cm³/mol. The second-order valence-electron chi connectivity index (χ2n) is 7.66. The summed E-state index contributed by atoms with van der Waals surface area (Å²) in [6, 6.07) is 15.7. The summed E-state index contributed by atoms with van der Waals surface area (Å²) in [7, 11) is 0. The molecule has 0 aliphatic heterocycles. The molecule has 9 heteroatoms. The van der Waals surface area contributed by atoms with E-state index in [4.69, 9.17) is 9.84 Å². The summed E-state index contributed by atoms with van der Waals surface area (Å²) in [5.74, 6) is -1.47. The molecule has 0 saturated heterocycles. The Morgan fingerprint density at radius 3 is 2.33 bits per heavy atom. The molecule has 0 bridgehead atoms. The summed E-state index contributed by atoms with van der Waals surface area (Å²) in [6.45, 7) is 1.97. The van der Waals surface area contributed by atoms with Gasteiger partial charge in [0.1, 0.15) is 11.5 Å². The van der Waals surface area contributed by atoms with E-state index in [0.717, 1.165) is 33.6 Å². The number of anilines is 1. The molecule has 3 N–H and O–H groups in total. The van der Waals surface area contributed by atoms with Gasteiger partial charge in [-0.3, -0.25) is 14.9 Å². The topological polar surface area (TPSA) is 118 Å². The Kier molecular flexibility index (Phi) is 6.69. The van der Waals surface area contributed by atoms with E-state index < -0.39 is 24.0 Å². The second kappa shape index (κ2) is 9.83. The highest BCUT2D eigenvalue weighted by molar-refractivity contribution is 7.17. The van der Waals surface area contributed by atoms with Crippen molar-refractivity contribution in [1.82, 2.24) is 10.3 Å². The third-order valence-electron chi connectivity index (χ3n) is 5.53. The maximum absolute atomic E-state index is 12.4. The first-order chi connectivity index (χ1) is 16.0. The van der Waals surface area contributed by atoms with Gasteiger partial charge in [0.15, 0.2) is 5.13 Å². The molecule has 3 aromatic rings. The van der Waals surface area contributed by atoms with Crippen molar-refractivity contribution in [2.45, 2.75) is 31.7 Å². The van der Waals surface area contributed by atoms with E-state index in [1.54, 1.807) is 6.92 Å². The summed E-state index contributed by atoms with van der Waals surface area (Å²) in [5.41, 5.74) is 4.52. The monoisotopic (exact) mass is 465 g/mol. The summed E-state index contributed by atoms with van der Waals surface area (Å²) in [5, 5.41) is 14.4. The number of aliphatic carboxylic acids is 1. The molecule has 4 rings (SSSR count). The van der Waals surface area contributed by atoms with E-state index in [1.165, 1.54) is 6.20 Å². The van der Waals surface area contributed by atoms with Crippen LogP contribution < -0.4 is 10.6 Å². The number of carbonyl (C=O) groups excluding carboxylic acids is 2. The first kappa shape index (κ1) is 22.5. The number of fused-ring (bicyclic) bond motifs is 3. The molecule has 1 aromatic heterocycles. The number of hydrogen-bond acceptors (Lipinski definition) is 6. The average Bonchev–Trinajstić information content (AvgIpc) is 3.39. The summed E-state index contributed by atoms with van der Waals surface area (Å²) in [6.07, 6.45) is 1.01. The lowest BCUT2D eigenvalue weighted by Crippen LogP contribution is -2.35. The van der Waals surface area contributed by atoms with Crippen LogP contribution in [0.3, 0.4) is 0 Å². The number of carbonyl (C=O) groups is 3. The largest absolute Gasteiger partial charge is 0.481 e. The number of benzene rings is 2. The molecule has 1 atom stereocenters. The van der Waals surface area contributed by atoms with Crippen molar-refractivity contribution in [3.8, 4) is 11.1 Å². The van der Waals surface area contributed by atoms with Crippen molar-refractivity contribution in [2.24, 2.45) is 0 Å². The maximum atomic E-state index is 12.4. The second-order valence-corrected chi connectivity index (χ2v) is 8.69. The van der Waals surface area contributed by atoms with E-state index in [0.29, 0.717) is 6.42 Å². The van der Waals surface area contributed by atoms with Gasteiger partial charge in [-0.15, -0.1) is 0 Å². The Labute approximate surface area is 194 Å². The Hall–Kier alpha value is -3.72. The molecule has 170 valence electrons. The van der Waals surface area contributed by atoms with Gasteiger partial charge in [-0.25, -0.2) is 9.78 Å². The van der Waals surface area contributed by atoms with Crippen molar-refractivity contribution in [2.75, 3.05) is 11.9 Å². The lowest BCUT2D eigenvalue weighted by molar-refractivity contribution is -0.137. The highest BCUT2D eigenvalue weighted by Crippen LogP contribution is 2.44. The number of nitrogens with one attached hydrogen (secondary N) is 2. The first-order valence-electron chi connectivity index (χ1n) is 10.6. The molecule has 2 aromatic carbocycles. The van der Waals surface area contributed by atoms with Crippen LogP contribution >= 0.6 is 11.3 Å². The van der Waals surface area contributed by atoms with Crippen molar-refractivity contribution in [3.05, 3.63) is 70.7 Å². The first-order valence-corrected chi connectivity index (χ1v) is 11.4. The number of rotatable bonds is 8. The van der Waals surface area contributed by atoms with E-state index in [9.17, 15) is 14.4 Å². The summed E-state index contributed by atoms with van der Waals surface area (Å²) >= 11 is 0.993. The lowest BCUT2D eigenvalue weighted by Gasteiger charge is -2.14. The van der Waals surface area contributed by atoms with Crippen molar-refractivity contribution in [3.63, 3.8) is 0 Å². The third kappa shape index (κ3) is 5.04. The smallest absolute Gasteiger partial charge is 0.413 e. The zero-order valence-corrected chi connectivity index (χ0v) is 18.7. The number of thiazole rings is 1. The van der Waals surface area contributed by atoms with Gasteiger partial charge in [-0.05, 0) is 28.7 Å². The van der Waals surface area contributed by atoms with Gasteiger partial charge < -0.3 is 15.2 Å². The quantitative estimate of drug-likeness (QED) is 0.451. The van der Waals surface area contributed by atoms with Crippen LogP contribution in [0.1, 0.15) is 46.5 Å². The molecule has 33 heavy (non-hydrogen) atoms. The van der Waals surface area contributed by atoms with Crippen LogP contribution in [0, 0.1) is 0 Å². The number of carboxylic acid groups (broad SMARTS) is 1. The van der Waals surface area contributed by atoms with Gasteiger partial charge in [-0.2, -0.15) is 0 Å². The fourth-order valence-corrected chi connectivity index (χ4v) is 4.63. The summed E-state index contributed by atoms with van der Waals surface area (Å²) < 4.78 is 5.49. The van der Waals surface area contributed by atoms with E-state index in [-0.39, 0.29) is 29.0 Å². The zero-order valence-electron chi connectivity index (χ0n) is 17.9. The SMILES string of the molecule is CCC(CC(=O)O)NC(=O)c1cnc(NC(=O)OCC2c3ccccc3-c3ccccc32)s1. The van der Waals surface area contributed by atoms with Crippen molar-refractivity contribution < 1.29 is 24.2 Å². The predicted octanol–water partition coefficient (Wildman–Crippen LogP) is 4.49. The number of ether oxygens (including phenoxy) is 1. The Balaban J connectivity index is 1.35. The van der Waals surface area contributed by atoms with Gasteiger partial charge in [-0.1, -0.05) is 66.8 Å². The Bertz CT molecular complexity index is 1150. The summed E-state index contributed by atoms with van der Waals surface area (Å²) in [4.78, 5) is 39.9. The number of amides is 2. The normalized spacial score (nSPS) is 13.0.